The minimum atomic E-state index is -4.15. The Kier molecular flexibility index (Phi) is 10.5. The van der Waals surface area contributed by atoms with Gasteiger partial charge in [-0.2, -0.15) is 0 Å². The Labute approximate surface area is 242 Å². The van der Waals surface area contributed by atoms with Crippen molar-refractivity contribution in [1.82, 2.24) is 10.2 Å². The zero-order chi connectivity index (χ0) is 29.6. The molecule has 3 aromatic carbocycles. The highest BCUT2D eigenvalue weighted by Crippen LogP contribution is 2.28. The smallest absolute Gasteiger partial charge is 0.244 e. The third-order valence-corrected chi connectivity index (χ3v) is 7.81. The Bertz CT molecular complexity index is 1450. The monoisotopic (exact) mass is 611 g/mol. The number of hydrogen-bond donors (Lipinski definition) is 1. The van der Waals surface area contributed by atoms with Gasteiger partial charge in [-0.05, 0) is 43.7 Å². The highest BCUT2D eigenvalue weighted by atomic mass is 35.5. The summed E-state index contributed by atoms with van der Waals surface area (Å²) in [4.78, 5) is 28.7. The van der Waals surface area contributed by atoms with Gasteiger partial charge in [-0.1, -0.05) is 59.6 Å². The predicted molar refractivity (Wildman–Crippen MR) is 153 cm³/mol. The standard InChI is InChI=1S/C28H29Cl2F2N3O4S/c1-18(2)33-28(37)26(14-19-8-5-4-6-9-19)34(16-21-22(29)10-7-11-23(21)30)27(36)17-35(40(3,38)39)20-12-13-24(31)25(32)15-20/h4-13,15,18,26H,14,16-17H2,1-3H3,(H,33,37). The lowest BCUT2D eigenvalue weighted by molar-refractivity contribution is -0.140. The number of benzene rings is 3. The average molecular weight is 613 g/mol. The van der Waals surface area contributed by atoms with Crippen molar-refractivity contribution in [1.29, 1.82) is 0 Å². The van der Waals surface area contributed by atoms with Crippen LogP contribution >= 0.6 is 23.2 Å². The van der Waals surface area contributed by atoms with E-state index in [0.717, 1.165) is 24.0 Å². The number of anilines is 1. The molecule has 40 heavy (non-hydrogen) atoms. The van der Waals surface area contributed by atoms with Crippen LogP contribution in [-0.4, -0.2) is 50.0 Å². The first-order valence-electron chi connectivity index (χ1n) is 12.3. The quantitative estimate of drug-likeness (QED) is 0.323. The Hall–Kier alpha value is -3.21. The predicted octanol–water partition coefficient (Wildman–Crippen LogP) is 5.20. The van der Waals surface area contributed by atoms with Crippen molar-refractivity contribution >= 4 is 50.7 Å². The summed E-state index contributed by atoms with van der Waals surface area (Å²) in [7, 11) is -4.15. The summed E-state index contributed by atoms with van der Waals surface area (Å²) >= 11 is 12.8. The van der Waals surface area contributed by atoms with Crippen LogP contribution in [-0.2, 0) is 32.6 Å². The van der Waals surface area contributed by atoms with E-state index in [-0.39, 0.29) is 34.7 Å². The molecule has 2 amide bonds. The second-order valence-electron chi connectivity index (χ2n) is 9.46. The van der Waals surface area contributed by atoms with Gasteiger partial charge in [0.1, 0.15) is 12.6 Å². The molecule has 0 radical (unpaired) electrons. The van der Waals surface area contributed by atoms with Gasteiger partial charge in [-0.15, -0.1) is 0 Å². The molecule has 3 rings (SSSR count). The summed E-state index contributed by atoms with van der Waals surface area (Å²) in [6.45, 7) is 2.51. The minimum absolute atomic E-state index is 0.0945. The molecule has 0 fully saturated rings. The van der Waals surface area contributed by atoms with E-state index in [0.29, 0.717) is 15.9 Å². The zero-order valence-electron chi connectivity index (χ0n) is 22.1. The number of carbonyl (C=O) groups excluding carboxylic acids is 2. The fourth-order valence-corrected chi connectivity index (χ4v) is 5.40. The van der Waals surface area contributed by atoms with Gasteiger partial charge in [0.05, 0.1) is 11.9 Å². The molecule has 0 aromatic heterocycles. The number of amides is 2. The normalized spacial score (nSPS) is 12.2. The van der Waals surface area contributed by atoms with E-state index in [4.69, 9.17) is 23.2 Å². The maximum Gasteiger partial charge on any atom is 0.244 e. The summed E-state index contributed by atoms with van der Waals surface area (Å²) in [6, 6.07) is 14.9. The molecule has 0 aliphatic rings. The summed E-state index contributed by atoms with van der Waals surface area (Å²) in [6.07, 6.45) is 0.932. The van der Waals surface area contributed by atoms with Crippen LogP contribution in [0.5, 0.6) is 0 Å². The van der Waals surface area contributed by atoms with Crippen molar-refractivity contribution in [3.05, 3.63) is 99.5 Å². The molecule has 3 aromatic rings. The number of sulfonamides is 1. The molecule has 0 bridgehead atoms. The molecule has 7 nitrogen and oxygen atoms in total. The van der Waals surface area contributed by atoms with Crippen LogP contribution in [0.2, 0.25) is 10.0 Å². The SMILES string of the molecule is CC(C)NC(=O)C(Cc1ccccc1)N(Cc1c(Cl)cccc1Cl)C(=O)CN(c1ccc(F)c(F)c1)S(C)(=O)=O. The van der Waals surface area contributed by atoms with Crippen molar-refractivity contribution < 1.29 is 26.8 Å². The van der Waals surface area contributed by atoms with Crippen molar-refractivity contribution in [2.24, 2.45) is 0 Å². The number of nitrogens with zero attached hydrogens (tertiary/aromatic N) is 2. The summed E-state index contributed by atoms with van der Waals surface area (Å²) in [5.41, 5.74) is 0.847. The van der Waals surface area contributed by atoms with E-state index >= 15 is 0 Å². The van der Waals surface area contributed by atoms with Crippen LogP contribution < -0.4 is 9.62 Å². The maximum atomic E-state index is 14.0. The second-order valence-corrected chi connectivity index (χ2v) is 12.2. The van der Waals surface area contributed by atoms with Crippen LogP contribution in [0.4, 0.5) is 14.5 Å². The molecule has 12 heteroatoms. The van der Waals surface area contributed by atoms with E-state index in [1.54, 1.807) is 56.3 Å². The summed E-state index contributed by atoms with van der Waals surface area (Å²) in [5, 5.41) is 3.31. The first kappa shape index (κ1) is 31.3. The number of halogens is 4. The minimum Gasteiger partial charge on any atom is -0.352 e. The number of nitrogens with one attached hydrogen (secondary N) is 1. The van der Waals surface area contributed by atoms with Crippen LogP contribution in [0.1, 0.15) is 25.0 Å². The number of carbonyl (C=O) groups is 2. The topological polar surface area (TPSA) is 86.8 Å². The fraction of sp³-hybridized carbons (Fsp3) is 0.286. The van der Waals surface area contributed by atoms with Crippen LogP contribution in [0.15, 0.2) is 66.7 Å². The molecule has 1 N–H and O–H groups in total. The molecule has 0 aliphatic heterocycles. The first-order valence-corrected chi connectivity index (χ1v) is 14.9. The number of rotatable bonds is 11. The molecule has 0 spiro atoms. The van der Waals surface area contributed by atoms with Gasteiger partial charge in [-0.3, -0.25) is 13.9 Å². The van der Waals surface area contributed by atoms with E-state index in [2.05, 4.69) is 5.32 Å². The Balaban J connectivity index is 2.11. The molecular formula is C28H29Cl2F2N3O4S. The molecule has 214 valence electrons. The summed E-state index contributed by atoms with van der Waals surface area (Å²) in [5.74, 6) is -3.72. The van der Waals surface area contributed by atoms with Crippen molar-refractivity contribution in [2.45, 2.75) is 38.9 Å². The second kappa shape index (κ2) is 13.4. The lowest BCUT2D eigenvalue weighted by Gasteiger charge is -2.34. The van der Waals surface area contributed by atoms with Gasteiger partial charge in [0.2, 0.25) is 21.8 Å². The molecule has 1 unspecified atom stereocenters. The van der Waals surface area contributed by atoms with Crippen LogP contribution in [0.25, 0.3) is 0 Å². The van der Waals surface area contributed by atoms with Crippen molar-refractivity contribution in [2.75, 3.05) is 17.1 Å². The van der Waals surface area contributed by atoms with Gasteiger partial charge < -0.3 is 10.2 Å². The van der Waals surface area contributed by atoms with E-state index in [1.807, 2.05) is 6.07 Å². The van der Waals surface area contributed by atoms with Gasteiger partial charge in [-0.25, -0.2) is 17.2 Å². The van der Waals surface area contributed by atoms with Crippen LogP contribution in [0, 0.1) is 11.6 Å². The Morgan fingerprint density at radius 2 is 1.55 bits per heavy atom. The number of hydrogen-bond acceptors (Lipinski definition) is 4. The average Bonchev–Trinajstić information content (AvgIpc) is 2.87. The fourth-order valence-electron chi connectivity index (χ4n) is 4.04. The first-order chi connectivity index (χ1) is 18.8. The largest absolute Gasteiger partial charge is 0.352 e. The zero-order valence-corrected chi connectivity index (χ0v) is 24.4. The van der Waals surface area contributed by atoms with Crippen molar-refractivity contribution in [3.8, 4) is 0 Å². The Morgan fingerprint density at radius 3 is 2.10 bits per heavy atom. The van der Waals surface area contributed by atoms with Gasteiger partial charge >= 0.3 is 0 Å². The molecule has 0 aliphatic carbocycles. The highest BCUT2D eigenvalue weighted by Gasteiger charge is 2.34. The summed E-state index contributed by atoms with van der Waals surface area (Å²) < 4.78 is 53.7. The highest BCUT2D eigenvalue weighted by molar-refractivity contribution is 7.92. The van der Waals surface area contributed by atoms with Gasteiger partial charge in [0, 0.05) is 40.7 Å². The molecule has 0 heterocycles. The maximum absolute atomic E-state index is 14.0. The lowest BCUT2D eigenvalue weighted by Crippen LogP contribution is -2.54. The third-order valence-electron chi connectivity index (χ3n) is 5.96. The van der Waals surface area contributed by atoms with Crippen LogP contribution in [0.3, 0.4) is 0 Å². The van der Waals surface area contributed by atoms with Gasteiger partial charge in [0.15, 0.2) is 11.6 Å². The Morgan fingerprint density at radius 1 is 0.925 bits per heavy atom. The molecular weight excluding hydrogens is 583 g/mol. The molecule has 1 atom stereocenters. The van der Waals surface area contributed by atoms with E-state index in [9.17, 15) is 26.8 Å². The third kappa shape index (κ3) is 8.16. The molecule has 0 saturated carbocycles. The van der Waals surface area contributed by atoms with E-state index < -0.39 is 46.1 Å². The lowest BCUT2D eigenvalue weighted by atomic mass is 10.0. The molecule has 0 saturated heterocycles. The van der Waals surface area contributed by atoms with Gasteiger partial charge in [0.25, 0.3) is 0 Å². The van der Waals surface area contributed by atoms with Crippen molar-refractivity contribution in [3.63, 3.8) is 0 Å². The van der Waals surface area contributed by atoms with E-state index in [1.165, 1.54) is 4.90 Å².